The molecule has 0 aliphatic carbocycles. The number of nitrogens with two attached hydrogens (primary N) is 1. The first-order valence-electron chi connectivity index (χ1n) is 5.98. The van der Waals surface area contributed by atoms with Crippen LogP contribution in [0.4, 0.5) is 15.9 Å². The molecule has 0 spiro atoms. The molecular weight excluding hydrogens is 261 g/mol. The van der Waals surface area contributed by atoms with Crippen molar-refractivity contribution < 1.29 is 14.3 Å². The summed E-state index contributed by atoms with van der Waals surface area (Å²) in [5.41, 5.74) is 6.91. The van der Waals surface area contributed by atoms with Crippen LogP contribution < -0.4 is 11.1 Å². The van der Waals surface area contributed by atoms with Crippen molar-refractivity contribution in [2.24, 2.45) is 0 Å². The number of nitrogen functional groups attached to an aromatic ring is 1. The quantitative estimate of drug-likeness (QED) is 0.798. The molecule has 2 rings (SSSR count). The van der Waals surface area contributed by atoms with Gasteiger partial charge in [0.05, 0.1) is 17.3 Å². The molecule has 1 heterocycles. The number of nitrogens with zero attached hydrogens (tertiary/aromatic N) is 1. The molecular formula is C14H14FN3O2. The van der Waals surface area contributed by atoms with E-state index < -0.39 is 5.97 Å². The Kier molecular flexibility index (Phi) is 3.84. The van der Waals surface area contributed by atoms with Crippen LogP contribution in [-0.4, -0.2) is 16.1 Å². The van der Waals surface area contributed by atoms with E-state index >= 15 is 0 Å². The smallest absolute Gasteiger partial charge is 0.337 e. The molecule has 1 aromatic heterocycles. The molecule has 1 atom stereocenters. The van der Waals surface area contributed by atoms with Gasteiger partial charge >= 0.3 is 5.97 Å². The molecule has 104 valence electrons. The van der Waals surface area contributed by atoms with Gasteiger partial charge in [0, 0.05) is 6.20 Å². The van der Waals surface area contributed by atoms with Crippen molar-refractivity contribution in [2.75, 3.05) is 11.1 Å². The lowest BCUT2D eigenvalue weighted by atomic mass is 10.1. The summed E-state index contributed by atoms with van der Waals surface area (Å²) in [5, 5.41) is 11.9. The molecule has 1 aromatic carbocycles. The third kappa shape index (κ3) is 3.03. The first kappa shape index (κ1) is 13.8. The standard InChI is InChI=1S/C14H14FN3O2/c1-8(9-2-4-11(15)5-3-9)18-13-12(16)6-10(7-17-13)14(19)20/h2-8H,16H2,1H3,(H,17,18)(H,19,20). The van der Waals surface area contributed by atoms with E-state index in [1.807, 2.05) is 6.92 Å². The van der Waals surface area contributed by atoms with E-state index in [9.17, 15) is 9.18 Å². The zero-order chi connectivity index (χ0) is 14.7. The van der Waals surface area contributed by atoms with E-state index in [1.165, 1.54) is 24.4 Å². The largest absolute Gasteiger partial charge is 0.478 e. The molecule has 0 aliphatic rings. The monoisotopic (exact) mass is 275 g/mol. The SMILES string of the molecule is CC(Nc1ncc(C(=O)O)cc1N)c1ccc(F)cc1. The first-order chi connectivity index (χ1) is 9.47. The van der Waals surface area contributed by atoms with Gasteiger partial charge in [-0.05, 0) is 30.7 Å². The molecule has 1 unspecified atom stereocenters. The molecule has 0 radical (unpaired) electrons. The summed E-state index contributed by atoms with van der Waals surface area (Å²) >= 11 is 0. The zero-order valence-corrected chi connectivity index (χ0v) is 10.8. The Bertz CT molecular complexity index is 629. The van der Waals surface area contributed by atoms with Crippen molar-refractivity contribution in [1.82, 2.24) is 4.98 Å². The number of aromatic carboxylic acids is 1. The third-order valence-corrected chi connectivity index (χ3v) is 2.89. The fourth-order valence-electron chi connectivity index (χ4n) is 1.76. The second-order valence-electron chi connectivity index (χ2n) is 4.38. The number of anilines is 2. The predicted octanol–water partition coefficient (Wildman–Crippen LogP) is 2.67. The number of benzene rings is 1. The molecule has 0 aliphatic heterocycles. The minimum Gasteiger partial charge on any atom is -0.478 e. The van der Waals surface area contributed by atoms with E-state index in [4.69, 9.17) is 10.8 Å². The number of hydrogen-bond acceptors (Lipinski definition) is 4. The summed E-state index contributed by atoms with van der Waals surface area (Å²) in [4.78, 5) is 14.8. The molecule has 0 bridgehead atoms. The topological polar surface area (TPSA) is 88.2 Å². The highest BCUT2D eigenvalue weighted by atomic mass is 19.1. The van der Waals surface area contributed by atoms with Crippen LogP contribution in [0.3, 0.4) is 0 Å². The number of rotatable bonds is 4. The summed E-state index contributed by atoms with van der Waals surface area (Å²) in [6, 6.07) is 7.27. The van der Waals surface area contributed by atoms with Gasteiger partial charge in [-0.2, -0.15) is 0 Å². The van der Waals surface area contributed by atoms with E-state index in [0.29, 0.717) is 5.82 Å². The summed E-state index contributed by atoms with van der Waals surface area (Å²) in [5.74, 6) is -0.987. The molecule has 0 saturated carbocycles. The normalized spacial score (nSPS) is 11.9. The second kappa shape index (κ2) is 5.56. The number of halogens is 1. The predicted molar refractivity (Wildman–Crippen MR) is 74.0 cm³/mol. The van der Waals surface area contributed by atoms with Crippen LogP contribution in [0.2, 0.25) is 0 Å². The van der Waals surface area contributed by atoms with Gasteiger partial charge in [-0.25, -0.2) is 14.2 Å². The van der Waals surface area contributed by atoms with Crippen molar-refractivity contribution in [2.45, 2.75) is 13.0 Å². The highest BCUT2D eigenvalue weighted by Crippen LogP contribution is 2.23. The van der Waals surface area contributed by atoms with Crippen molar-refractivity contribution in [1.29, 1.82) is 0 Å². The maximum atomic E-state index is 12.9. The summed E-state index contributed by atoms with van der Waals surface area (Å²) in [7, 11) is 0. The molecule has 6 heteroatoms. The summed E-state index contributed by atoms with van der Waals surface area (Å²) in [6.07, 6.45) is 1.23. The van der Waals surface area contributed by atoms with E-state index in [2.05, 4.69) is 10.3 Å². The zero-order valence-electron chi connectivity index (χ0n) is 10.8. The maximum absolute atomic E-state index is 12.9. The van der Waals surface area contributed by atoms with Crippen molar-refractivity contribution in [3.05, 3.63) is 53.5 Å². The van der Waals surface area contributed by atoms with E-state index in [1.54, 1.807) is 12.1 Å². The molecule has 0 saturated heterocycles. The molecule has 0 fully saturated rings. The summed E-state index contributed by atoms with van der Waals surface area (Å²) < 4.78 is 12.9. The molecule has 20 heavy (non-hydrogen) atoms. The van der Waals surface area contributed by atoms with Gasteiger partial charge in [-0.3, -0.25) is 0 Å². The van der Waals surface area contributed by atoms with E-state index in [-0.39, 0.29) is 23.1 Å². The number of aromatic nitrogens is 1. The van der Waals surface area contributed by atoms with Crippen LogP contribution in [0.5, 0.6) is 0 Å². The molecule has 5 nitrogen and oxygen atoms in total. The van der Waals surface area contributed by atoms with Crippen molar-refractivity contribution in [3.63, 3.8) is 0 Å². The maximum Gasteiger partial charge on any atom is 0.337 e. The van der Waals surface area contributed by atoms with Gasteiger partial charge in [0.15, 0.2) is 0 Å². The third-order valence-electron chi connectivity index (χ3n) is 2.89. The van der Waals surface area contributed by atoms with E-state index in [0.717, 1.165) is 5.56 Å². The van der Waals surface area contributed by atoms with Gasteiger partial charge in [0.2, 0.25) is 0 Å². The lowest BCUT2D eigenvalue weighted by Crippen LogP contribution is -2.11. The molecule has 2 aromatic rings. The minimum atomic E-state index is -1.08. The van der Waals surface area contributed by atoms with Crippen LogP contribution in [-0.2, 0) is 0 Å². The van der Waals surface area contributed by atoms with Crippen molar-refractivity contribution >= 4 is 17.5 Å². The van der Waals surface area contributed by atoms with Gasteiger partial charge in [0.1, 0.15) is 11.6 Å². The lowest BCUT2D eigenvalue weighted by Gasteiger charge is -2.16. The lowest BCUT2D eigenvalue weighted by molar-refractivity contribution is 0.0696. The van der Waals surface area contributed by atoms with Gasteiger partial charge in [-0.1, -0.05) is 12.1 Å². The van der Waals surface area contributed by atoms with Crippen LogP contribution >= 0.6 is 0 Å². The number of carboxylic acid groups (broad SMARTS) is 1. The number of hydrogen-bond donors (Lipinski definition) is 3. The van der Waals surface area contributed by atoms with Crippen LogP contribution in [0.25, 0.3) is 0 Å². The number of carboxylic acids is 1. The highest BCUT2D eigenvalue weighted by Gasteiger charge is 2.11. The fraction of sp³-hybridized carbons (Fsp3) is 0.143. The van der Waals surface area contributed by atoms with Gasteiger partial charge in [0.25, 0.3) is 0 Å². The average molecular weight is 275 g/mol. The summed E-state index contributed by atoms with van der Waals surface area (Å²) in [6.45, 7) is 1.87. The average Bonchev–Trinajstić information content (AvgIpc) is 2.41. The van der Waals surface area contributed by atoms with Crippen LogP contribution in [0.1, 0.15) is 28.9 Å². The Labute approximate surface area is 115 Å². The van der Waals surface area contributed by atoms with Crippen LogP contribution in [0.15, 0.2) is 36.5 Å². The Morgan fingerprint density at radius 3 is 2.60 bits per heavy atom. The van der Waals surface area contributed by atoms with Crippen LogP contribution in [0, 0.1) is 5.82 Å². The molecule has 4 N–H and O–H groups in total. The fourth-order valence-corrected chi connectivity index (χ4v) is 1.76. The number of carbonyl (C=O) groups is 1. The number of nitrogens with one attached hydrogen (secondary N) is 1. The molecule has 0 amide bonds. The Morgan fingerprint density at radius 2 is 2.05 bits per heavy atom. The first-order valence-corrected chi connectivity index (χ1v) is 5.98. The Balaban J connectivity index is 2.17. The Morgan fingerprint density at radius 1 is 1.40 bits per heavy atom. The second-order valence-corrected chi connectivity index (χ2v) is 4.38. The van der Waals surface area contributed by atoms with Gasteiger partial charge in [-0.15, -0.1) is 0 Å². The minimum absolute atomic E-state index is 0.0301. The highest BCUT2D eigenvalue weighted by molar-refractivity contribution is 5.89. The van der Waals surface area contributed by atoms with Gasteiger partial charge < -0.3 is 16.2 Å². The number of pyridine rings is 1. The van der Waals surface area contributed by atoms with Crippen molar-refractivity contribution in [3.8, 4) is 0 Å². The Hall–Kier alpha value is -2.63.